The number of aryl methyl sites for hydroxylation is 2. The van der Waals surface area contributed by atoms with E-state index in [1.807, 2.05) is 38.1 Å². The zero-order chi connectivity index (χ0) is 17.4. The number of oxazole rings is 1. The SMILES string of the molecule is Cc1nc(SCc2cc(=O)n3[nH]c(-c4ccccn4)cc3n2)oc1C. The maximum Gasteiger partial charge on any atom is 0.272 e. The summed E-state index contributed by atoms with van der Waals surface area (Å²) in [5, 5.41) is 3.62. The third-order valence-corrected chi connectivity index (χ3v) is 4.66. The van der Waals surface area contributed by atoms with Crippen LogP contribution in [0.25, 0.3) is 17.0 Å². The number of H-pyrrole nitrogens is 1. The minimum atomic E-state index is -0.164. The largest absolute Gasteiger partial charge is 0.437 e. The van der Waals surface area contributed by atoms with Crippen LogP contribution in [0.2, 0.25) is 0 Å². The van der Waals surface area contributed by atoms with Crippen LogP contribution >= 0.6 is 11.8 Å². The Kier molecular flexibility index (Phi) is 3.89. The van der Waals surface area contributed by atoms with Crippen LogP contribution in [-0.2, 0) is 5.75 Å². The summed E-state index contributed by atoms with van der Waals surface area (Å²) in [6.45, 7) is 3.78. The molecule has 0 unspecified atom stereocenters. The number of hydrogen-bond acceptors (Lipinski definition) is 6. The summed E-state index contributed by atoms with van der Waals surface area (Å²) in [5.74, 6) is 1.31. The van der Waals surface area contributed by atoms with Crippen molar-refractivity contribution in [3.63, 3.8) is 0 Å². The van der Waals surface area contributed by atoms with Gasteiger partial charge in [-0.25, -0.2) is 14.5 Å². The van der Waals surface area contributed by atoms with Gasteiger partial charge in [-0.2, -0.15) is 0 Å². The van der Waals surface area contributed by atoms with Crippen molar-refractivity contribution >= 4 is 17.4 Å². The molecular weight excluding hydrogens is 338 g/mol. The first kappa shape index (κ1) is 15.6. The maximum absolute atomic E-state index is 12.3. The predicted octanol–water partition coefficient (Wildman–Crippen LogP) is 2.98. The minimum absolute atomic E-state index is 0.164. The van der Waals surface area contributed by atoms with Crippen LogP contribution in [0, 0.1) is 13.8 Å². The summed E-state index contributed by atoms with van der Waals surface area (Å²) >= 11 is 1.42. The molecule has 1 N–H and O–H groups in total. The molecule has 0 bridgehead atoms. The van der Waals surface area contributed by atoms with Gasteiger partial charge in [0.15, 0.2) is 5.65 Å². The summed E-state index contributed by atoms with van der Waals surface area (Å²) in [7, 11) is 0. The number of hydrogen-bond donors (Lipinski definition) is 1. The zero-order valence-electron chi connectivity index (χ0n) is 13.7. The molecule has 0 saturated carbocycles. The Bertz CT molecular complexity index is 1080. The maximum atomic E-state index is 12.3. The summed E-state index contributed by atoms with van der Waals surface area (Å²) in [5.41, 5.74) is 3.45. The normalized spacial score (nSPS) is 11.3. The van der Waals surface area contributed by atoms with Gasteiger partial charge in [-0.05, 0) is 26.0 Å². The van der Waals surface area contributed by atoms with E-state index in [4.69, 9.17) is 4.42 Å². The fourth-order valence-electron chi connectivity index (χ4n) is 2.41. The van der Waals surface area contributed by atoms with Gasteiger partial charge in [-0.3, -0.25) is 14.9 Å². The van der Waals surface area contributed by atoms with Crippen molar-refractivity contribution in [2.75, 3.05) is 0 Å². The molecule has 0 aliphatic carbocycles. The van der Waals surface area contributed by atoms with Crippen molar-refractivity contribution < 1.29 is 4.42 Å². The molecular formula is C17H15N5O2S. The topological polar surface area (TPSA) is 89.1 Å². The van der Waals surface area contributed by atoms with Crippen molar-refractivity contribution in [1.82, 2.24) is 24.6 Å². The lowest BCUT2D eigenvalue weighted by atomic mass is 10.3. The first-order valence-electron chi connectivity index (χ1n) is 7.70. The number of nitrogens with one attached hydrogen (secondary N) is 1. The third-order valence-electron chi connectivity index (χ3n) is 3.80. The molecule has 0 spiro atoms. The summed E-state index contributed by atoms with van der Waals surface area (Å²) in [6.07, 6.45) is 1.71. The summed E-state index contributed by atoms with van der Waals surface area (Å²) < 4.78 is 6.96. The van der Waals surface area contributed by atoms with Gasteiger partial charge in [0.2, 0.25) is 0 Å². The Morgan fingerprint density at radius 1 is 1.24 bits per heavy atom. The molecule has 126 valence electrons. The van der Waals surface area contributed by atoms with Gasteiger partial charge in [-0.15, -0.1) is 0 Å². The molecule has 0 aliphatic heterocycles. The monoisotopic (exact) mass is 353 g/mol. The quantitative estimate of drug-likeness (QED) is 0.567. The minimum Gasteiger partial charge on any atom is -0.437 e. The molecule has 25 heavy (non-hydrogen) atoms. The van der Waals surface area contributed by atoms with E-state index in [0.717, 1.165) is 22.8 Å². The van der Waals surface area contributed by atoms with Gasteiger partial charge in [0.1, 0.15) is 5.76 Å². The van der Waals surface area contributed by atoms with Crippen LogP contribution < -0.4 is 5.56 Å². The molecule has 0 amide bonds. The van der Waals surface area contributed by atoms with E-state index in [-0.39, 0.29) is 5.56 Å². The molecule has 0 atom stereocenters. The fraction of sp³-hybridized carbons (Fsp3) is 0.176. The van der Waals surface area contributed by atoms with E-state index < -0.39 is 0 Å². The Hall–Kier alpha value is -2.87. The highest BCUT2D eigenvalue weighted by Crippen LogP contribution is 2.23. The lowest BCUT2D eigenvalue weighted by molar-refractivity contribution is 0.431. The summed E-state index contributed by atoms with van der Waals surface area (Å²) in [6, 6.07) is 8.95. The first-order valence-corrected chi connectivity index (χ1v) is 8.68. The van der Waals surface area contributed by atoms with E-state index in [1.54, 1.807) is 6.20 Å². The Balaban J connectivity index is 1.63. The van der Waals surface area contributed by atoms with Crippen molar-refractivity contribution in [2.45, 2.75) is 24.8 Å². The number of fused-ring (bicyclic) bond motifs is 1. The molecule has 7 nitrogen and oxygen atoms in total. The van der Waals surface area contributed by atoms with E-state index in [0.29, 0.717) is 22.3 Å². The molecule has 8 heteroatoms. The van der Waals surface area contributed by atoms with Gasteiger partial charge < -0.3 is 4.42 Å². The second-order valence-electron chi connectivity index (χ2n) is 5.57. The highest BCUT2D eigenvalue weighted by atomic mass is 32.2. The molecule has 0 saturated heterocycles. The molecule has 0 radical (unpaired) electrons. The van der Waals surface area contributed by atoms with Gasteiger partial charge in [0.05, 0.1) is 22.8 Å². The second kappa shape index (κ2) is 6.21. The molecule has 0 aliphatic rings. The number of pyridine rings is 1. The van der Waals surface area contributed by atoms with Gasteiger partial charge >= 0.3 is 0 Å². The average Bonchev–Trinajstić information content (AvgIpc) is 3.18. The van der Waals surface area contributed by atoms with Crippen molar-refractivity contribution in [2.24, 2.45) is 0 Å². The Labute approximate surface area is 147 Å². The van der Waals surface area contributed by atoms with E-state index >= 15 is 0 Å². The van der Waals surface area contributed by atoms with Crippen molar-refractivity contribution in [3.8, 4) is 11.4 Å². The van der Waals surface area contributed by atoms with Crippen LogP contribution in [0.15, 0.2) is 51.0 Å². The smallest absolute Gasteiger partial charge is 0.272 e. The number of thioether (sulfide) groups is 1. The molecule has 4 heterocycles. The highest BCUT2D eigenvalue weighted by Gasteiger charge is 2.11. The highest BCUT2D eigenvalue weighted by molar-refractivity contribution is 7.98. The van der Waals surface area contributed by atoms with Gasteiger partial charge in [-0.1, -0.05) is 17.8 Å². The van der Waals surface area contributed by atoms with Crippen LogP contribution in [-0.4, -0.2) is 24.6 Å². The van der Waals surface area contributed by atoms with Crippen LogP contribution in [0.4, 0.5) is 0 Å². The van der Waals surface area contributed by atoms with Crippen molar-refractivity contribution in [1.29, 1.82) is 0 Å². The lowest BCUT2D eigenvalue weighted by Gasteiger charge is -1.98. The number of aromatic nitrogens is 5. The Morgan fingerprint density at radius 2 is 2.12 bits per heavy atom. The first-order chi connectivity index (χ1) is 12.1. The molecule has 4 aromatic rings. The third kappa shape index (κ3) is 3.08. The lowest BCUT2D eigenvalue weighted by Crippen LogP contribution is -2.15. The fourth-order valence-corrected chi connectivity index (χ4v) is 3.21. The van der Waals surface area contributed by atoms with E-state index in [1.165, 1.54) is 22.3 Å². The molecule has 4 aromatic heterocycles. The number of rotatable bonds is 4. The predicted molar refractivity (Wildman–Crippen MR) is 94.6 cm³/mol. The second-order valence-corrected chi connectivity index (χ2v) is 6.50. The van der Waals surface area contributed by atoms with Crippen LogP contribution in [0.5, 0.6) is 0 Å². The zero-order valence-corrected chi connectivity index (χ0v) is 14.5. The molecule has 4 rings (SSSR count). The molecule has 0 fully saturated rings. The average molecular weight is 353 g/mol. The standard InChI is InChI=1S/C17H15N5O2S/c1-10-11(2)24-17(19-10)25-9-12-7-16(23)22-15(20-12)8-14(21-22)13-5-3-4-6-18-13/h3-8,21H,9H2,1-2H3. The van der Waals surface area contributed by atoms with Crippen LogP contribution in [0.3, 0.4) is 0 Å². The Morgan fingerprint density at radius 3 is 2.84 bits per heavy atom. The van der Waals surface area contributed by atoms with Gasteiger partial charge in [0, 0.05) is 24.1 Å². The van der Waals surface area contributed by atoms with Crippen molar-refractivity contribution in [3.05, 3.63) is 64.0 Å². The van der Waals surface area contributed by atoms with Crippen LogP contribution in [0.1, 0.15) is 17.1 Å². The number of aromatic amines is 1. The van der Waals surface area contributed by atoms with E-state index in [9.17, 15) is 4.79 Å². The van der Waals surface area contributed by atoms with E-state index in [2.05, 4.69) is 20.1 Å². The summed E-state index contributed by atoms with van der Waals surface area (Å²) in [4.78, 5) is 25.5. The number of nitrogens with zero attached hydrogens (tertiary/aromatic N) is 4. The molecule has 0 aromatic carbocycles. The van der Waals surface area contributed by atoms with Gasteiger partial charge in [0.25, 0.3) is 10.8 Å².